The monoisotopic (exact) mass is 328 g/mol. The Kier molecular flexibility index (Phi) is 6.32. The van der Waals surface area contributed by atoms with E-state index in [0.717, 1.165) is 5.56 Å². The molecule has 2 rings (SSSR count). The maximum absolute atomic E-state index is 12.3. The van der Waals surface area contributed by atoms with Crippen molar-refractivity contribution in [2.75, 3.05) is 19.8 Å². The van der Waals surface area contributed by atoms with Gasteiger partial charge in [-0.1, -0.05) is 37.3 Å². The highest BCUT2D eigenvalue weighted by Gasteiger charge is 2.25. The zero-order valence-electron chi connectivity index (χ0n) is 14.2. The number of benzene rings is 1. The molecule has 1 unspecified atom stereocenters. The van der Waals surface area contributed by atoms with E-state index >= 15 is 0 Å². The number of aliphatic hydroxyl groups is 1. The molecule has 1 aromatic heterocycles. The average molecular weight is 328 g/mol. The van der Waals surface area contributed by atoms with Gasteiger partial charge in [-0.2, -0.15) is 0 Å². The third-order valence-corrected chi connectivity index (χ3v) is 3.82. The third-order valence-electron chi connectivity index (χ3n) is 3.82. The minimum absolute atomic E-state index is 0.0102. The molecule has 0 radical (unpaired) electrons. The first kappa shape index (κ1) is 17.9. The van der Waals surface area contributed by atoms with Gasteiger partial charge >= 0.3 is 0 Å². The Bertz CT molecular complexity index is 643. The van der Waals surface area contributed by atoms with Crippen LogP contribution in [0.1, 0.15) is 29.8 Å². The summed E-state index contributed by atoms with van der Waals surface area (Å²) < 4.78 is 5.26. The average Bonchev–Trinajstić information content (AvgIpc) is 2.61. The third kappa shape index (κ3) is 5.06. The van der Waals surface area contributed by atoms with Crippen molar-refractivity contribution < 1.29 is 14.6 Å². The van der Waals surface area contributed by atoms with Crippen molar-refractivity contribution >= 4 is 5.91 Å². The Morgan fingerprint density at radius 1 is 1.25 bits per heavy atom. The van der Waals surface area contributed by atoms with Gasteiger partial charge in [0.2, 0.25) is 5.88 Å². The van der Waals surface area contributed by atoms with Gasteiger partial charge in [-0.3, -0.25) is 4.79 Å². The van der Waals surface area contributed by atoms with Crippen LogP contribution >= 0.6 is 0 Å². The smallest absolute Gasteiger partial charge is 0.252 e. The van der Waals surface area contributed by atoms with Gasteiger partial charge in [0.05, 0.1) is 18.8 Å². The number of nitrogens with one attached hydrogen (secondary N) is 1. The summed E-state index contributed by atoms with van der Waals surface area (Å²) in [5.41, 5.74) is 1.18. The van der Waals surface area contributed by atoms with Gasteiger partial charge in [-0.25, -0.2) is 4.98 Å². The number of amides is 1. The summed E-state index contributed by atoms with van der Waals surface area (Å²) in [7, 11) is 0. The standard InChI is InChI=1S/C19H24N2O3/c1-3-24-17-10-9-16(12-20-17)18(23)21-13-19(2,14-22)11-15-7-5-4-6-8-15/h4-10,12,22H,3,11,13-14H2,1-2H3,(H,21,23). The number of carbonyl (C=O) groups is 1. The number of carbonyl (C=O) groups excluding carboxylic acids is 1. The maximum Gasteiger partial charge on any atom is 0.252 e. The van der Waals surface area contributed by atoms with Crippen LogP contribution < -0.4 is 10.1 Å². The van der Waals surface area contributed by atoms with Gasteiger partial charge in [0, 0.05) is 24.2 Å². The highest BCUT2D eigenvalue weighted by atomic mass is 16.5. The van der Waals surface area contributed by atoms with Crippen LogP contribution in [0.4, 0.5) is 0 Å². The van der Waals surface area contributed by atoms with E-state index < -0.39 is 5.41 Å². The molecule has 5 heteroatoms. The first-order chi connectivity index (χ1) is 11.6. The first-order valence-electron chi connectivity index (χ1n) is 8.08. The largest absolute Gasteiger partial charge is 0.478 e. The number of hydrogen-bond donors (Lipinski definition) is 2. The zero-order chi connectivity index (χ0) is 17.4. The van der Waals surface area contributed by atoms with E-state index in [0.29, 0.717) is 31.0 Å². The predicted octanol–water partition coefficient (Wildman–Crippen LogP) is 2.45. The molecule has 1 amide bonds. The van der Waals surface area contributed by atoms with E-state index in [2.05, 4.69) is 10.3 Å². The Hall–Kier alpha value is -2.40. The summed E-state index contributed by atoms with van der Waals surface area (Å²) in [5.74, 6) is 0.289. The lowest BCUT2D eigenvalue weighted by molar-refractivity contribution is 0.0895. The van der Waals surface area contributed by atoms with Crippen LogP contribution in [0, 0.1) is 5.41 Å². The number of aliphatic hydroxyl groups excluding tert-OH is 1. The molecule has 0 saturated heterocycles. The Balaban J connectivity index is 1.95. The molecule has 5 nitrogen and oxygen atoms in total. The molecule has 1 atom stereocenters. The van der Waals surface area contributed by atoms with Crippen LogP contribution in [0.3, 0.4) is 0 Å². The fraction of sp³-hybridized carbons (Fsp3) is 0.368. The van der Waals surface area contributed by atoms with Crippen molar-refractivity contribution in [1.82, 2.24) is 10.3 Å². The number of nitrogens with zero attached hydrogens (tertiary/aromatic N) is 1. The second kappa shape index (κ2) is 8.45. The Morgan fingerprint density at radius 2 is 2.00 bits per heavy atom. The van der Waals surface area contributed by atoms with E-state index in [1.807, 2.05) is 44.2 Å². The summed E-state index contributed by atoms with van der Waals surface area (Å²) in [5, 5.41) is 12.6. The summed E-state index contributed by atoms with van der Waals surface area (Å²) in [6.45, 7) is 4.74. The highest BCUT2D eigenvalue weighted by molar-refractivity contribution is 5.93. The molecule has 24 heavy (non-hydrogen) atoms. The maximum atomic E-state index is 12.3. The zero-order valence-corrected chi connectivity index (χ0v) is 14.2. The lowest BCUT2D eigenvalue weighted by atomic mass is 9.84. The SMILES string of the molecule is CCOc1ccc(C(=O)NCC(C)(CO)Cc2ccccc2)cn1. The van der Waals surface area contributed by atoms with Crippen LogP contribution in [-0.2, 0) is 6.42 Å². The molecule has 0 aliphatic heterocycles. The van der Waals surface area contributed by atoms with Gasteiger partial charge in [0.1, 0.15) is 0 Å². The van der Waals surface area contributed by atoms with E-state index in [4.69, 9.17) is 4.74 Å². The number of hydrogen-bond acceptors (Lipinski definition) is 4. The van der Waals surface area contributed by atoms with Gasteiger partial charge in [-0.15, -0.1) is 0 Å². The molecule has 1 aromatic carbocycles. The fourth-order valence-electron chi connectivity index (χ4n) is 2.41. The molecule has 0 aliphatic carbocycles. The first-order valence-corrected chi connectivity index (χ1v) is 8.08. The second-order valence-electron chi connectivity index (χ2n) is 6.13. The molecular formula is C19H24N2O3. The molecule has 0 saturated carbocycles. The molecule has 1 heterocycles. The van der Waals surface area contributed by atoms with Crippen LogP contribution in [0.2, 0.25) is 0 Å². The Morgan fingerprint density at radius 3 is 2.58 bits per heavy atom. The van der Waals surface area contributed by atoms with E-state index in [1.54, 1.807) is 12.1 Å². The van der Waals surface area contributed by atoms with Crippen molar-refractivity contribution in [3.63, 3.8) is 0 Å². The summed E-state index contributed by atoms with van der Waals surface area (Å²) >= 11 is 0. The Labute approximate surface area is 142 Å². The second-order valence-corrected chi connectivity index (χ2v) is 6.13. The molecule has 0 bridgehead atoms. The van der Waals surface area contributed by atoms with Gasteiger partial charge in [-0.05, 0) is 25.0 Å². The van der Waals surface area contributed by atoms with E-state index in [-0.39, 0.29) is 12.5 Å². The molecule has 2 aromatic rings. The van der Waals surface area contributed by atoms with Gasteiger partial charge < -0.3 is 15.2 Å². The minimum Gasteiger partial charge on any atom is -0.478 e. The summed E-state index contributed by atoms with van der Waals surface area (Å²) in [6.07, 6.45) is 2.18. The van der Waals surface area contributed by atoms with Crippen molar-refractivity contribution in [2.45, 2.75) is 20.3 Å². The fourth-order valence-corrected chi connectivity index (χ4v) is 2.41. The van der Waals surface area contributed by atoms with Gasteiger partial charge in [0.15, 0.2) is 0 Å². The molecule has 0 spiro atoms. The van der Waals surface area contributed by atoms with Crippen LogP contribution in [-0.4, -0.2) is 35.8 Å². The molecule has 128 valence electrons. The summed E-state index contributed by atoms with van der Waals surface area (Å²) in [6, 6.07) is 13.3. The number of pyridine rings is 1. The molecule has 0 fully saturated rings. The molecule has 0 aliphatic rings. The van der Waals surface area contributed by atoms with Crippen molar-refractivity contribution in [3.05, 3.63) is 59.8 Å². The molecule has 2 N–H and O–H groups in total. The van der Waals surface area contributed by atoms with E-state index in [9.17, 15) is 9.90 Å². The quantitative estimate of drug-likeness (QED) is 0.781. The highest BCUT2D eigenvalue weighted by Crippen LogP contribution is 2.21. The van der Waals surface area contributed by atoms with Crippen molar-refractivity contribution in [2.24, 2.45) is 5.41 Å². The lowest BCUT2D eigenvalue weighted by Gasteiger charge is -2.27. The lowest BCUT2D eigenvalue weighted by Crippen LogP contribution is -2.39. The van der Waals surface area contributed by atoms with Crippen LogP contribution in [0.25, 0.3) is 0 Å². The van der Waals surface area contributed by atoms with Crippen molar-refractivity contribution in [1.29, 1.82) is 0 Å². The normalized spacial score (nSPS) is 13.1. The van der Waals surface area contributed by atoms with Gasteiger partial charge in [0.25, 0.3) is 5.91 Å². The van der Waals surface area contributed by atoms with Crippen molar-refractivity contribution in [3.8, 4) is 5.88 Å². The number of ether oxygens (including phenoxy) is 1. The summed E-state index contributed by atoms with van der Waals surface area (Å²) in [4.78, 5) is 16.3. The minimum atomic E-state index is -0.421. The number of rotatable bonds is 8. The predicted molar refractivity (Wildman–Crippen MR) is 93.1 cm³/mol. The van der Waals surface area contributed by atoms with Crippen LogP contribution in [0.15, 0.2) is 48.7 Å². The van der Waals surface area contributed by atoms with E-state index in [1.165, 1.54) is 6.20 Å². The topological polar surface area (TPSA) is 71.5 Å². The van der Waals surface area contributed by atoms with Crippen LogP contribution in [0.5, 0.6) is 5.88 Å². The molecular weight excluding hydrogens is 304 g/mol. The number of aromatic nitrogens is 1.